The van der Waals surface area contributed by atoms with Crippen LogP contribution < -0.4 is 0 Å². The molecule has 0 aliphatic carbocycles. The topological polar surface area (TPSA) is 41.6 Å². The van der Waals surface area contributed by atoms with E-state index in [1.165, 1.54) is 2.88 Å². The van der Waals surface area contributed by atoms with Crippen LogP contribution in [0.5, 0.6) is 0 Å². The molecule has 2 aromatic rings. The summed E-state index contributed by atoms with van der Waals surface area (Å²) in [6.07, 6.45) is 2.06. The summed E-state index contributed by atoms with van der Waals surface area (Å²) in [6, 6.07) is 2.10. The van der Waals surface area contributed by atoms with Gasteiger partial charge in [0.05, 0.1) is 2.88 Å². The first-order chi connectivity index (χ1) is 6.79. The molecule has 14 heavy (non-hydrogen) atoms. The molecule has 0 aliphatic heterocycles. The van der Waals surface area contributed by atoms with Gasteiger partial charge in [-0.15, -0.1) is 11.3 Å². The van der Waals surface area contributed by atoms with Crippen molar-refractivity contribution >= 4 is 33.9 Å². The van der Waals surface area contributed by atoms with E-state index in [-0.39, 0.29) is 0 Å². The zero-order chi connectivity index (χ0) is 9.97. The van der Waals surface area contributed by atoms with Crippen LogP contribution in [0.2, 0.25) is 0 Å². The summed E-state index contributed by atoms with van der Waals surface area (Å²) in [5.41, 5.74) is 1.11. The van der Waals surface area contributed by atoms with Crippen molar-refractivity contribution in [3.8, 4) is 11.4 Å². The lowest BCUT2D eigenvalue weighted by Crippen LogP contribution is -1.84. The fourth-order valence-electron chi connectivity index (χ4n) is 1.20. The highest BCUT2D eigenvalue weighted by Gasteiger charge is 2.06. The van der Waals surface area contributed by atoms with Gasteiger partial charge in [0.15, 0.2) is 5.82 Å². The van der Waals surface area contributed by atoms with Crippen molar-refractivity contribution in [1.82, 2.24) is 15.2 Å². The molecule has 1 N–H and O–H groups in total. The van der Waals surface area contributed by atoms with E-state index in [0.29, 0.717) is 0 Å². The van der Waals surface area contributed by atoms with E-state index in [9.17, 15) is 0 Å². The minimum atomic E-state index is 0.813. The molecule has 5 heteroatoms. The molecule has 0 bridgehead atoms. The van der Waals surface area contributed by atoms with E-state index >= 15 is 0 Å². The van der Waals surface area contributed by atoms with Gasteiger partial charge in [0, 0.05) is 17.4 Å². The van der Waals surface area contributed by atoms with Crippen LogP contribution >= 0.6 is 33.9 Å². The van der Waals surface area contributed by atoms with Crippen LogP contribution in [0.4, 0.5) is 0 Å². The van der Waals surface area contributed by atoms with Crippen LogP contribution in [0.25, 0.3) is 11.4 Å². The summed E-state index contributed by atoms with van der Waals surface area (Å²) in [5.74, 6) is 1.79. The van der Waals surface area contributed by atoms with Crippen LogP contribution in [-0.2, 0) is 6.42 Å². The number of hydrogen-bond acceptors (Lipinski definition) is 3. The Bertz CT molecular complexity index is 421. The molecule has 2 rings (SSSR count). The molecular formula is C9H10IN3S. The van der Waals surface area contributed by atoms with Crippen molar-refractivity contribution in [3.63, 3.8) is 0 Å². The second kappa shape index (κ2) is 4.39. The van der Waals surface area contributed by atoms with Gasteiger partial charge < -0.3 is 0 Å². The van der Waals surface area contributed by atoms with Gasteiger partial charge in [0.25, 0.3) is 0 Å². The quantitative estimate of drug-likeness (QED) is 0.884. The second-order valence-corrected chi connectivity index (χ2v) is 5.80. The summed E-state index contributed by atoms with van der Waals surface area (Å²) < 4.78 is 1.26. The molecule has 2 aromatic heterocycles. The summed E-state index contributed by atoms with van der Waals surface area (Å²) in [5, 5.41) is 9.23. The second-order valence-electron chi connectivity index (χ2n) is 3.00. The predicted octanol–water partition coefficient (Wildman–Crippen LogP) is 3.09. The maximum Gasteiger partial charge on any atom is 0.182 e. The third-order valence-electron chi connectivity index (χ3n) is 1.84. The van der Waals surface area contributed by atoms with Crippen LogP contribution in [0.15, 0.2) is 11.4 Å². The first kappa shape index (κ1) is 10.1. The Kier molecular flexibility index (Phi) is 3.17. The van der Waals surface area contributed by atoms with Crippen LogP contribution in [-0.4, -0.2) is 15.2 Å². The fraction of sp³-hybridized carbons (Fsp3) is 0.333. The number of aromatic nitrogens is 3. The molecule has 0 amide bonds. The molecule has 0 fully saturated rings. The van der Waals surface area contributed by atoms with E-state index in [1.807, 2.05) is 0 Å². The number of thiophene rings is 1. The van der Waals surface area contributed by atoms with Crippen molar-refractivity contribution in [1.29, 1.82) is 0 Å². The maximum absolute atomic E-state index is 4.42. The Morgan fingerprint density at radius 1 is 1.57 bits per heavy atom. The molecule has 0 aliphatic rings. The monoisotopic (exact) mass is 319 g/mol. The predicted molar refractivity (Wildman–Crippen MR) is 66.4 cm³/mol. The standard InChI is InChI=1S/C9H10IN3S/c1-2-3-8-11-9(13-12-8)6-4-7(10)14-5-6/h4-5H,2-3H2,1H3,(H,11,12,13). The van der Waals surface area contributed by atoms with E-state index < -0.39 is 0 Å². The van der Waals surface area contributed by atoms with Gasteiger partial charge in [0.2, 0.25) is 0 Å². The molecule has 3 nitrogen and oxygen atoms in total. The van der Waals surface area contributed by atoms with Gasteiger partial charge in [-0.05, 0) is 35.1 Å². The minimum absolute atomic E-state index is 0.813. The zero-order valence-electron chi connectivity index (χ0n) is 7.75. The SMILES string of the molecule is CCCc1nc(-c2csc(I)c2)n[nH]1. The number of aryl methyl sites for hydroxylation is 1. The van der Waals surface area contributed by atoms with Crippen LogP contribution in [0.1, 0.15) is 19.2 Å². The van der Waals surface area contributed by atoms with Gasteiger partial charge in [-0.3, -0.25) is 5.10 Å². The summed E-state index contributed by atoms with van der Waals surface area (Å²) in [4.78, 5) is 4.42. The molecule has 0 radical (unpaired) electrons. The Morgan fingerprint density at radius 2 is 2.43 bits per heavy atom. The number of H-pyrrole nitrogens is 1. The van der Waals surface area contributed by atoms with Gasteiger partial charge >= 0.3 is 0 Å². The molecule has 74 valence electrons. The normalized spacial score (nSPS) is 10.7. The minimum Gasteiger partial charge on any atom is -0.263 e. The number of rotatable bonds is 3. The lowest BCUT2D eigenvalue weighted by atomic mass is 10.3. The highest BCUT2D eigenvalue weighted by atomic mass is 127. The number of nitrogens with one attached hydrogen (secondary N) is 1. The number of aromatic amines is 1. The first-order valence-corrected chi connectivity index (χ1v) is 6.41. The average Bonchev–Trinajstić information content (AvgIpc) is 2.74. The van der Waals surface area contributed by atoms with Gasteiger partial charge in [-0.1, -0.05) is 6.92 Å². The van der Waals surface area contributed by atoms with Crippen molar-refractivity contribution < 1.29 is 0 Å². The van der Waals surface area contributed by atoms with Gasteiger partial charge in [-0.2, -0.15) is 5.10 Å². The van der Waals surface area contributed by atoms with Crippen molar-refractivity contribution in [2.75, 3.05) is 0 Å². The van der Waals surface area contributed by atoms with Gasteiger partial charge in [0.1, 0.15) is 5.82 Å². The summed E-state index contributed by atoms with van der Waals surface area (Å²) in [7, 11) is 0. The van der Waals surface area contributed by atoms with E-state index in [1.54, 1.807) is 11.3 Å². The Morgan fingerprint density at radius 3 is 3.07 bits per heavy atom. The van der Waals surface area contributed by atoms with Crippen LogP contribution in [0, 0.1) is 2.88 Å². The highest BCUT2D eigenvalue weighted by molar-refractivity contribution is 14.1. The van der Waals surface area contributed by atoms with Crippen LogP contribution in [0.3, 0.4) is 0 Å². The Balaban J connectivity index is 2.24. The molecule has 2 heterocycles. The van der Waals surface area contributed by atoms with Gasteiger partial charge in [-0.25, -0.2) is 4.98 Å². The van der Waals surface area contributed by atoms with Crippen molar-refractivity contribution in [3.05, 3.63) is 20.2 Å². The molecule has 0 saturated carbocycles. The van der Waals surface area contributed by atoms with E-state index in [2.05, 4.69) is 56.1 Å². The molecule has 0 aromatic carbocycles. The van der Waals surface area contributed by atoms with E-state index in [4.69, 9.17) is 0 Å². The fourth-order valence-corrected chi connectivity index (χ4v) is 2.53. The Hall–Kier alpha value is -0.430. The number of nitrogens with zero attached hydrogens (tertiary/aromatic N) is 2. The molecule has 0 atom stereocenters. The summed E-state index contributed by atoms with van der Waals surface area (Å²) >= 11 is 4.02. The van der Waals surface area contributed by atoms with E-state index in [0.717, 1.165) is 30.1 Å². The third kappa shape index (κ3) is 2.14. The molecule has 0 unspecified atom stereocenters. The van der Waals surface area contributed by atoms with Crippen molar-refractivity contribution in [2.24, 2.45) is 0 Å². The molecule has 0 saturated heterocycles. The lowest BCUT2D eigenvalue weighted by Gasteiger charge is -1.87. The number of halogens is 1. The average molecular weight is 319 g/mol. The van der Waals surface area contributed by atoms with Crippen molar-refractivity contribution in [2.45, 2.75) is 19.8 Å². The number of hydrogen-bond donors (Lipinski definition) is 1. The zero-order valence-corrected chi connectivity index (χ0v) is 10.7. The highest BCUT2D eigenvalue weighted by Crippen LogP contribution is 2.23. The largest absolute Gasteiger partial charge is 0.263 e. The maximum atomic E-state index is 4.42. The first-order valence-electron chi connectivity index (χ1n) is 4.45. The Labute approximate surface area is 100 Å². The third-order valence-corrected chi connectivity index (χ3v) is 3.63. The molecule has 0 spiro atoms. The smallest absolute Gasteiger partial charge is 0.182 e. The lowest BCUT2D eigenvalue weighted by molar-refractivity contribution is 0.841. The summed E-state index contributed by atoms with van der Waals surface area (Å²) in [6.45, 7) is 2.13. The molecular weight excluding hydrogens is 309 g/mol.